The van der Waals surface area contributed by atoms with Crippen LogP contribution in [0.5, 0.6) is 5.75 Å². The van der Waals surface area contributed by atoms with Gasteiger partial charge in [-0.1, -0.05) is 17.7 Å². The minimum absolute atomic E-state index is 0.0469. The van der Waals surface area contributed by atoms with Crippen LogP contribution in [-0.2, 0) is 26.5 Å². The monoisotopic (exact) mass is 490 g/mol. The van der Waals surface area contributed by atoms with Crippen molar-refractivity contribution >= 4 is 28.4 Å². The van der Waals surface area contributed by atoms with Crippen molar-refractivity contribution in [3.63, 3.8) is 0 Å². The van der Waals surface area contributed by atoms with E-state index in [1.165, 1.54) is 31.4 Å². The Balaban J connectivity index is 2.08. The Bertz CT molecular complexity index is 1200. The predicted octanol–water partition coefficient (Wildman–Crippen LogP) is 4.99. The van der Waals surface area contributed by atoms with Gasteiger partial charge in [-0.15, -0.1) is 0 Å². The Morgan fingerprint density at radius 2 is 1.91 bits per heavy atom. The van der Waals surface area contributed by atoms with Gasteiger partial charge in [-0.05, 0) is 36.4 Å². The first-order chi connectivity index (χ1) is 15.0. The molecule has 0 spiro atoms. The second kappa shape index (κ2) is 9.29. The summed E-state index contributed by atoms with van der Waals surface area (Å²) in [6.45, 7) is 1.11. The highest BCUT2D eigenvalue weighted by Gasteiger charge is 2.35. The number of nitrogens with zero attached hydrogens (tertiary/aromatic N) is 2. The Kier molecular flexibility index (Phi) is 6.89. The molecule has 2 aromatic carbocycles. The lowest BCUT2D eigenvalue weighted by atomic mass is 10.1. The van der Waals surface area contributed by atoms with Crippen LogP contribution in [0.15, 0.2) is 47.4 Å². The summed E-state index contributed by atoms with van der Waals surface area (Å²) in [6.07, 6.45) is -4.75. The molecule has 3 rings (SSSR count). The standard InChI is InChI=1S/C20H15ClF4N2O4S/c1-11(28)31-10-32(29)18-6-3-12(7-15(18)22)16-9-19(20(23,24)25)26-27(16)13-4-5-17(30-2)14(21)8-13/h3-9H,10H2,1-2H3. The van der Waals surface area contributed by atoms with Gasteiger partial charge < -0.3 is 9.47 Å². The van der Waals surface area contributed by atoms with Crippen molar-refractivity contribution in [2.75, 3.05) is 13.0 Å². The second-order valence-corrected chi connectivity index (χ2v) is 8.16. The normalized spacial score (nSPS) is 12.5. The van der Waals surface area contributed by atoms with Gasteiger partial charge in [0.05, 0.1) is 39.2 Å². The van der Waals surface area contributed by atoms with E-state index in [4.69, 9.17) is 16.3 Å². The van der Waals surface area contributed by atoms with Crippen LogP contribution in [0.25, 0.3) is 16.9 Å². The van der Waals surface area contributed by atoms with Crippen LogP contribution >= 0.6 is 11.6 Å². The zero-order valence-electron chi connectivity index (χ0n) is 16.6. The van der Waals surface area contributed by atoms with E-state index in [1.54, 1.807) is 0 Å². The second-order valence-electron chi connectivity index (χ2n) is 6.39. The zero-order valence-corrected chi connectivity index (χ0v) is 18.1. The third-order valence-corrected chi connectivity index (χ3v) is 5.67. The molecule has 6 nitrogen and oxygen atoms in total. The van der Waals surface area contributed by atoms with Crippen LogP contribution in [0.1, 0.15) is 12.6 Å². The highest BCUT2D eigenvalue weighted by atomic mass is 35.5. The average Bonchev–Trinajstić information content (AvgIpc) is 3.18. The summed E-state index contributed by atoms with van der Waals surface area (Å²) in [4.78, 5) is 10.6. The summed E-state index contributed by atoms with van der Waals surface area (Å²) in [6, 6.07) is 8.40. The summed E-state index contributed by atoms with van der Waals surface area (Å²) in [5.41, 5.74) is -1.04. The SMILES string of the molecule is COc1ccc(-n2nc(C(F)(F)F)cc2-c2ccc(S(=O)COC(C)=O)c(F)c2)cc1Cl. The topological polar surface area (TPSA) is 70.4 Å². The lowest BCUT2D eigenvalue weighted by Gasteiger charge is -2.11. The maximum atomic E-state index is 14.6. The molecular weight excluding hydrogens is 476 g/mol. The van der Waals surface area contributed by atoms with Crippen molar-refractivity contribution in [2.45, 2.75) is 18.0 Å². The third-order valence-electron chi connectivity index (χ3n) is 4.22. The maximum absolute atomic E-state index is 14.6. The average molecular weight is 491 g/mol. The van der Waals surface area contributed by atoms with Crippen LogP contribution in [0.4, 0.5) is 17.6 Å². The van der Waals surface area contributed by atoms with E-state index in [0.717, 1.165) is 29.8 Å². The fourth-order valence-electron chi connectivity index (χ4n) is 2.75. The van der Waals surface area contributed by atoms with E-state index in [9.17, 15) is 26.6 Å². The van der Waals surface area contributed by atoms with E-state index in [2.05, 4.69) is 9.84 Å². The summed E-state index contributed by atoms with van der Waals surface area (Å²) < 4.78 is 77.4. The molecule has 12 heteroatoms. The molecule has 0 aliphatic rings. The number of alkyl halides is 3. The van der Waals surface area contributed by atoms with Gasteiger partial charge in [0.2, 0.25) is 0 Å². The molecule has 0 aliphatic heterocycles. The lowest BCUT2D eigenvalue weighted by Crippen LogP contribution is -2.08. The van der Waals surface area contributed by atoms with Crippen molar-refractivity contribution < 1.29 is 36.0 Å². The fourth-order valence-corrected chi connectivity index (χ4v) is 3.90. The van der Waals surface area contributed by atoms with Crippen molar-refractivity contribution in [3.05, 3.63) is 59.0 Å². The molecule has 0 saturated carbocycles. The quantitative estimate of drug-likeness (QED) is 0.360. The molecule has 0 radical (unpaired) electrons. The van der Waals surface area contributed by atoms with Gasteiger partial charge in [-0.3, -0.25) is 9.00 Å². The number of hydrogen-bond donors (Lipinski definition) is 0. The number of rotatable bonds is 6. The number of methoxy groups -OCH3 is 1. The van der Waals surface area contributed by atoms with Crippen molar-refractivity contribution in [1.29, 1.82) is 0 Å². The van der Waals surface area contributed by atoms with Crippen LogP contribution in [0.3, 0.4) is 0 Å². The molecule has 32 heavy (non-hydrogen) atoms. The van der Waals surface area contributed by atoms with Gasteiger partial charge in [0.15, 0.2) is 11.6 Å². The summed E-state index contributed by atoms with van der Waals surface area (Å²) in [5, 5.41) is 3.75. The molecule has 170 valence electrons. The Hall–Kier alpha value is -2.92. The molecule has 1 unspecified atom stereocenters. The first-order valence-electron chi connectivity index (χ1n) is 8.84. The largest absolute Gasteiger partial charge is 0.495 e. The molecule has 1 heterocycles. The van der Waals surface area contributed by atoms with Gasteiger partial charge in [-0.25, -0.2) is 9.07 Å². The van der Waals surface area contributed by atoms with Crippen LogP contribution < -0.4 is 4.74 Å². The summed E-state index contributed by atoms with van der Waals surface area (Å²) in [7, 11) is -0.602. The maximum Gasteiger partial charge on any atom is 0.435 e. The van der Waals surface area contributed by atoms with Gasteiger partial charge >= 0.3 is 12.1 Å². The molecule has 0 fully saturated rings. The number of hydrogen-bond acceptors (Lipinski definition) is 5. The molecular formula is C20H15ClF4N2O4S. The number of ether oxygens (including phenoxy) is 2. The number of carbonyl (C=O) groups excluding carboxylic acids is 1. The zero-order chi connectivity index (χ0) is 23.6. The Morgan fingerprint density at radius 1 is 1.19 bits per heavy atom. The fraction of sp³-hybridized carbons (Fsp3) is 0.200. The van der Waals surface area contributed by atoms with Crippen LogP contribution in [0.2, 0.25) is 5.02 Å². The van der Waals surface area contributed by atoms with E-state index >= 15 is 0 Å². The summed E-state index contributed by atoms with van der Waals surface area (Å²) in [5.74, 6) is -1.86. The van der Waals surface area contributed by atoms with E-state index < -0.39 is 40.4 Å². The predicted molar refractivity (Wildman–Crippen MR) is 109 cm³/mol. The number of esters is 1. The van der Waals surface area contributed by atoms with Crippen molar-refractivity contribution in [2.24, 2.45) is 0 Å². The number of halogens is 5. The minimum atomic E-state index is -4.75. The number of benzene rings is 2. The van der Waals surface area contributed by atoms with Crippen molar-refractivity contribution in [3.8, 4) is 22.7 Å². The Morgan fingerprint density at radius 3 is 2.47 bits per heavy atom. The molecule has 1 atom stereocenters. The van der Waals surface area contributed by atoms with E-state index in [1.807, 2.05) is 0 Å². The molecule has 0 saturated heterocycles. The highest BCUT2D eigenvalue weighted by molar-refractivity contribution is 7.84. The van der Waals surface area contributed by atoms with Gasteiger partial charge in [0.1, 0.15) is 11.6 Å². The smallest absolute Gasteiger partial charge is 0.435 e. The third kappa shape index (κ3) is 5.10. The Labute approximate surface area is 187 Å². The lowest BCUT2D eigenvalue weighted by molar-refractivity contribution is -0.141. The summed E-state index contributed by atoms with van der Waals surface area (Å²) >= 11 is 6.09. The van der Waals surface area contributed by atoms with Crippen LogP contribution in [0, 0.1) is 5.82 Å². The van der Waals surface area contributed by atoms with Crippen LogP contribution in [-0.4, -0.2) is 33.0 Å². The molecule has 0 aliphatic carbocycles. The molecule has 0 amide bonds. The van der Waals surface area contributed by atoms with Gasteiger partial charge in [-0.2, -0.15) is 18.3 Å². The molecule has 1 aromatic heterocycles. The van der Waals surface area contributed by atoms with Gasteiger partial charge in [0, 0.05) is 12.5 Å². The first-order valence-corrected chi connectivity index (χ1v) is 10.5. The first kappa shape index (κ1) is 23.7. The molecule has 3 aromatic rings. The minimum Gasteiger partial charge on any atom is -0.495 e. The molecule has 0 bridgehead atoms. The van der Waals surface area contributed by atoms with E-state index in [-0.39, 0.29) is 26.9 Å². The number of carbonyl (C=O) groups is 1. The van der Waals surface area contributed by atoms with Crippen molar-refractivity contribution in [1.82, 2.24) is 9.78 Å². The number of aromatic nitrogens is 2. The molecule has 0 N–H and O–H groups in total. The highest BCUT2D eigenvalue weighted by Crippen LogP contribution is 2.35. The van der Waals surface area contributed by atoms with Gasteiger partial charge in [0.25, 0.3) is 0 Å². The van der Waals surface area contributed by atoms with E-state index in [0.29, 0.717) is 5.75 Å².